The normalized spacial score (nSPS) is 12.8. The summed E-state index contributed by atoms with van der Waals surface area (Å²) in [7, 11) is 0. The first-order valence-corrected chi connectivity index (χ1v) is 5.23. The third-order valence-electron chi connectivity index (χ3n) is 2.57. The Hall–Kier alpha value is -2.01. The third-order valence-corrected chi connectivity index (χ3v) is 2.57. The monoisotopic (exact) mass is 252 g/mol. The fourth-order valence-electron chi connectivity index (χ4n) is 1.85. The first-order valence-electron chi connectivity index (χ1n) is 5.23. The summed E-state index contributed by atoms with van der Waals surface area (Å²) in [4.78, 5) is 11.0. The van der Waals surface area contributed by atoms with Crippen LogP contribution in [-0.4, -0.2) is 17.7 Å². The first kappa shape index (κ1) is 12.4. The van der Waals surface area contributed by atoms with Crippen LogP contribution in [0.1, 0.15) is 11.7 Å². The minimum atomic E-state index is -3.13. The Bertz CT molecular complexity index is 564. The van der Waals surface area contributed by atoms with Crippen LogP contribution in [0.4, 0.5) is 8.78 Å². The van der Waals surface area contributed by atoms with Gasteiger partial charge in [0.05, 0.1) is 0 Å². The molecule has 0 radical (unpaired) electrons. The maximum Gasteiger partial charge on any atom is 0.346 e. The number of hydrogen-bond acceptors (Lipinski definition) is 2. The quantitative estimate of drug-likeness (QED) is 0.908. The van der Waals surface area contributed by atoms with Crippen molar-refractivity contribution in [3.05, 3.63) is 48.0 Å². The number of carbonyl (C=O) groups is 1. The molecule has 0 saturated heterocycles. The summed E-state index contributed by atoms with van der Waals surface area (Å²) >= 11 is 0. The molecule has 0 aliphatic rings. The van der Waals surface area contributed by atoms with E-state index in [0.717, 1.165) is 5.39 Å². The summed E-state index contributed by atoms with van der Waals surface area (Å²) in [5.41, 5.74) is 0.223. The van der Waals surface area contributed by atoms with Gasteiger partial charge in [0.25, 0.3) is 0 Å². The van der Waals surface area contributed by atoms with E-state index in [4.69, 9.17) is 5.11 Å². The number of hydrogen-bond donors (Lipinski definition) is 1. The van der Waals surface area contributed by atoms with Crippen molar-refractivity contribution in [2.75, 3.05) is 0 Å². The van der Waals surface area contributed by atoms with Crippen LogP contribution in [0.3, 0.4) is 0 Å². The minimum absolute atomic E-state index is 0.223. The minimum Gasteiger partial charge on any atom is -0.479 e. The molecule has 94 valence electrons. The van der Waals surface area contributed by atoms with Crippen molar-refractivity contribution < 1.29 is 23.4 Å². The molecule has 0 aromatic heterocycles. The molecule has 2 aromatic rings. The smallest absolute Gasteiger partial charge is 0.346 e. The van der Waals surface area contributed by atoms with E-state index in [2.05, 4.69) is 4.74 Å². The lowest BCUT2D eigenvalue weighted by Gasteiger charge is -2.15. The predicted octanol–water partition coefficient (Wildman–Crippen LogP) is 3.20. The average Bonchev–Trinajstić information content (AvgIpc) is 2.35. The lowest BCUT2D eigenvalue weighted by molar-refractivity contribution is -0.188. The van der Waals surface area contributed by atoms with Crippen molar-refractivity contribution in [2.24, 2.45) is 0 Å². The molecular formula is C13H10F2O3. The highest BCUT2D eigenvalue weighted by Crippen LogP contribution is 2.28. The van der Waals surface area contributed by atoms with E-state index < -0.39 is 18.7 Å². The second-order valence-corrected chi connectivity index (χ2v) is 3.68. The third kappa shape index (κ3) is 2.46. The molecule has 1 atom stereocenters. The van der Waals surface area contributed by atoms with Crippen LogP contribution in [-0.2, 0) is 9.53 Å². The van der Waals surface area contributed by atoms with Gasteiger partial charge in [0, 0.05) is 5.56 Å². The Morgan fingerprint density at radius 1 is 1.11 bits per heavy atom. The molecule has 2 aromatic carbocycles. The van der Waals surface area contributed by atoms with Gasteiger partial charge in [-0.05, 0) is 10.8 Å². The van der Waals surface area contributed by atoms with Crippen LogP contribution in [0.5, 0.6) is 0 Å². The van der Waals surface area contributed by atoms with E-state index in [0.29, 0.717) is 5.39 Å². The molecule has 0 bridgehead atoms. The number of carboxylic acids is 1. The predicted molar refractivity (Wildman–Crippen MR) is 61.4 cm³/mol. The summed E-state index contributed by atoms with van der Waals surface area (Å²) in [6.45, 7) is -3.13. The standard InChI is InChI=1S/C13H10F2O3/c14-13(15)18-11(12(16)17)10-7-3-5-8-4-1-2-6-9(8)10/h1-7,11,13H,(H,16,17). The molecule has 0 saturated carbocycles. The molecule has 0 spiro atoms. The van der Waals surface area contributed by atoms with Crippen molar-refractivity contribution >= 4 is 16.7 Å². The molecule has 0 amide bonds. The van der Waals surface area contributed by atoms with Gasteiger partial charge < -0.3 is 9.84 Å². The van der Waals surface area contributed by atoms with Gasteiger partial charge in [-0.25, -0.2) is 4.79 Å². The number of alkyl halides is 2. The molecule has 1 N–H and O–H groups in total. The van der Waals surface area contributed by atoms with Gasteiger partial charge in [0.2, 0.25) is 0 Å². The SMILES string of the molecule is O=C(O)C(OC(F)F)c1cccc2ccccc12. The van der Waals surface area contributed by atoms with Gasteiger partial charge in [-0.2, -0.15) is 8.78 Å². The highest BCUT2D eigenvalue weighted by atomic mass is 19.3. The summed E-state index contributed by atoms with van der Waals surface area (Å²) in [6.07, 6.45) is -1.67. The van der Waals surface area contributed by atoms with E-state index in [1.165, 1.54) is 6.07 Å². The van der Waals surface area contributed by atoms with Crippen molar-refractivity contribution in [1.29, 1.82) is 0 Å². The fraction of sp³-hybridized carbons (Fsp3) is 0.154. The summed E-state index contributed by atoms with van der Waals surface area (Å²) < 4.78 is 28.7. The van der Waals surface area contributed by atoms with Crippen LogP contribution < -0.4 is 0 Å². The van der Waals surface area contributed by atoms with Crippen molar-refractivity contribution in [3.8, 4) is 0 Å². The van der Waals surface area contributed by atoms with E-state index in [1.807, 2.05) is 0 Å². The van der Waals surface area contributed by atoms with Crippen LogP contribution in [0.25, 0.3) is 10.8 Å². The summed E-state index contributed by atoms with van der Waals surface area (Å²) in [5, 5.41) is 10.3. The van der Waals surface area contributed by atoms with Gasteiger partial charge in [-0.1, -0.05) is 42.5 Å². The van der Waals surface area contributed by atoms with E-state index >= 15 is 0 Å². The van der Waals surface area contributed by atoms with E-state index in [-0.39, 0.29) is 5.56 Å². The lowest BCUT2D eigenvalue weighted by Crippen LogP contribution is -2.18. The molecule has 5 heteroatoms. The molecule has 0 fully saturated rings. The van der Waals surface area contributed by atoms with Crippen LogP contribution in [0.2, 0.25) is 0 Å². The largest absolute Gasteiger partial charge is 0.479 e. The Morgan fingerprint density at radius 3 is 2.44 bits per heavy atom. The zero-order valence-corrected chi connectivity index (χ0v) is 9.22. The number of carboxylic acid groups (broad SMARTS) is 1. The zero-order valence-electron chi connectivity index (χ0n) is 9.22. The maximum atomic E-state index is 12.2. The Kier molecular flexibility index (Phi) is 3.53. The summed E-state index contributed by atoms with van der Waals surface area (Å²) in [6, 6.07) is 11.8. The average molecular weight is 252 g/mol. The number of rotatable bonds is 4. The molecule has 0 aliphatic heterocycles. The Labute approximate surface area is 102 Å². The van der Waals surface area contributed by atoms with Gasteiger partial charge in [-0.3, -0.25) is 0 Å². The Balaban J connectivity index is 2.53. The number of fused-ring (bicyclic) bond motifs is 1. The van der Waals surface area contributed by atoms with Crippen molar-refractivity contribution in [3.63, 3.8) is 0 Å². The maximum absolute atomic E-state index is 12.2. The van der Waals surface area contributed by atoms with Crippen molar-refractivity contribution in [1.82, 2.24) is 0 Å². The number of benzene rings is 2. The van der Waals surface area contributed by atoms with Crippen LogP contribution >= 0.6 is 0 Å². The topological polar surface area (TPSA) is 46.5 Å². The molecular weight excluding hydrogens is 242 g/mol. The molecule has 18 heavy (non-hydrogen) atoms. The van der Waals surface area contributed by atoms with Crippen LogP contribution in [0, 0.1) is 0 Å². The second-order valence-electron chi connectivity index (χ2n) is 3.68. The van der Waals surface area contributed by atoms with Gasteiger partial charge in [-0.15, -0.1) is 0 Å². The molecule has 0 aliphatic carbocycles. The highest BCUT2D eigenvalue weighted by molar-refractivity contribution is 5.90. The van der Waals surface area contributed by atoms with Crippen molar-refractivity contribution in [2.45, 2.75) is 12.7 Å². The summed E-state index contributed by atoms with van der Waals surface area (Å²) in [5.74, 6) is -1.44. The molecule has 0 heterocycles. The second kappa shape index (κ2) is 5.10. The number of halogens is 2. The Morgan fingerprint density at radius 2 is 1.78 bits per heavy atom. The zero-order chi connectivity index (χ0) is 13.1. The molecule has 2 rings (SSSR count). The van der Waals surface area contributed by atoms with Crippen LogP contribution in [0.15, 0.2) is 42.5 Å². The number of ether oxygens (including phenoxy) is 1. The van der Waals surface area contributed by atoms with E-state index in [9.17, 15) is 13.6 Å². The van der Waals surface area contributed by atoms with Gasteiger partial charge >= 0.3 is 12.6 Å². The first-order chi connectivity index (χ1) is 8.59. The highest BCUT2D eigenvalue weighted by Gasteiger charge is 2.26. The lowest BCUT2D eigenvalue weighted by atomic mass is 10.0. The molecule has 3 nitrogen and oxygen atoms in total. The van der Waals surface area contributed by atoms with Gasteiger partial charge in [0.1, 0.15) is 0 Å². The number of aliphatic carboxylic acids is 1. The molecule has 1 unspecified atom stereocenters. The van der Waals surface area contributed by atoms with Gasteiger partial charge in [0.15, 0.2) is 6.10 Å². The fourth-order valence-corrected chi connectivity index (χ4v) is 1.85. The van der Waals surface area contributed by atoms with E-state index in [1.54, 1.807) is 36.4 Å².